The van der Waals surface area contributed by atoms with Gasteiger partial charge in [-0.05, 0) is 281 Å². The zero-order chi connectivity index (χ0) is 51.6. The minimum atomic E-state index is -0.00950. The number of hydrogen-bond donors (Lipinski definition) is 0. The predicted molar refractivity (Wildman–Crippen MR) is 317 cm³/mol. The summed E-state index contributed by atoms with van der Waals surface area (Å²) in [6.07, 6.45) is 4.30. The van der Waals surface area contributed by atoms with Crippen LogP contribution in [0.5, 0.6) is 0 Å². The van der Waals surface area contributed by atoms with Crippen molar-refractivity contribution in [2.45, 2.75) is 175 Å². The van der Waals surface area contributed by atoms with E-state index in [4.69, 9.17) is 0 Å². The lowest BCUT2D eigenvalue weighted by atomic mass is 9.79. The molecule has 70 heavy (non-hydrogen) atoms. The Kier molecular flexibility index (Phi) is 15.4. The summed E-state index contributed by atoms with van der Waals surface area (Å²) in [7, 11) is 0. The van der Waals surface area contributed by atoms with Gasteiger partial charge in [-0.25, -0.2) is 0 Å². The van der Waals surface area contributed by atoms with Crippen LogP contribution in [0.2, 0.25) is 0 Å². The lowest BCUT2D eigenvalue weighted by Crippen LogP contribution is -2.12. The summed E-state index contributed by atoms with van der Waals surface area (Å²) >= 11 is 7.83. The van der Waals surface area contributed by atoms with Crippen LogP contribution in [0.25, 0.3) is 66.8 Å². The van der Waals surface area contributed by atoms with Crippen molar-refractivity contribution in [2.75, 3.05) is 0 Å². The molecule has 0 aliphatic heterocycles. The smallest absolute Gasteiger partial charge is 0.0239 e. The Morgan fingerprint density at radius 3 is 0.843 bits per heavy atom. The van der Waals surface area contributed by atoms with Crippen molar-refractivity contribution in [3.63, 3.8) is 0 Å². The molecule has 0 nitrogen and oxygen atoms in total. The molecule has 0 amide bonds. The van der Waals surface area contributed by atoms with Crippen molar-refractivity contribution >= 4 is 31.9 Å². The van der Waals surface area contributed by atoms with Crippen LogP contribution in [0.15, 0.2) is 81.7 Å². The van der Waals surface area contributed by atoms with Crippen molar-refractivity contribution in [3.8, 4) is 66.8 Å². The summed E-state index contributed by atoms with van der Waals surface area (Å²) in [4.78, 5) is 0. The van der Waals surface area contributed by atoms with E-state index < -0.39 is 0 Å². The van der Waals surface area contributed by atoms with E-state index in [9.17, 15) is 0 Å². The van der Waals surface area contributed by atoms with Gasteiger partial charge >= 0.3 is 0 Å². The molecule has 0 heterocycles. The Bertz CT molecular complexity index is 2890. The molecule has 7 aromatic rings. The number of hydrogen-bond acceptors (Lipinski definition) is 0. The fourth-order valence-corrected chi connectivity index (χ4v) is 12.6. The van der Waals surface area contributed by atoms with Gasteiger partial charge in [0.05, 0.1) is 0 Å². The van der Waals surface area contributed by atoms with Gasteiger partial charge in [0.2, 0.25) is 0 Å². The number of halogens is 2. The molecule has 7 rings (SSSR count). The Labute approximate surface area is 441 Å². The number of benzene rings is 7. The lowest BCUT2D eigenvalue weighted by Gasteiger charge is -2.25. The fourth-order valence-electron chi connectivity index (χ4n) is 11.4. The van der Waals surface area contributed by atoms with Crippen LogP contribution in [0.1, 0.15) is 157 Å². The summed E-state index contributed by atoms with van der Waals surface area (Å²) < 4.78 is 2.44. The van der Waals surface area contributed by atoms with E-state index in [-0.39, 0.29) is 10.8 Å². The molecule has 0 spiro atoms. The summed E-state index contributed by atoms with van der Waals surface area (Å²) in [5, 5.41) is 0. The van der Waals surface area contributed by atoms with Gasteiger partial charge in [-0.2, -0.15) is 0 Å². The molecule has 0 bridgehead atoms. The SMILES string of the molecule is CCCc1cc(CCC)c(-c2cc(C)c(-c3cc(-c4c(C)c(C)c(Br)c(C)c4C)cc(C(C)(C)C)c3)c(C)c2)cc1-c1cc(C)c(-c2cc(-c3c(C)c(C)c(Br)c(C)c3C)cc(C(C)(C)C)c2)c(C)c1. The van der Waals surface area contributed by atoms with Gasteiger partial charge in [-0.1, -0.05) is 155 Å². The third-order valence-electron chi connectivity index (χ3n) is 15.9. The van der Waals surface area contributed by atoms with Crippen LogP contribution in [0, 0.1) is 83.1 Å². The molecular formula is C68H80Br2. The number of rotatable bonds is 10. The maximum atomic E-state index is 3.92. The quantitative estimate of drug-likeness (QED) is 0.128. The zero-order valence-corrected chi connectivity index (χ0v) is 49.7. The third-order valence-corrected chi connectivity index (χ3v) is 18.3. The highest BCUT2D eigenvalue weighted by Crippen LogP contribution is 2.46. The highest BCUT2D eigenvalue weighted by molar-refractivity contribution is 9.11. The molecule has 2 heteroatoms. The molecule has 366 valence electrons. The molecule has 0 saturated heterocycles. The van der Waals surface area contributed by atoms with E-state index in [0.717, 1.165) is 25.7 Å². The second-order valence-electron chi connectivity index (χ2n) is 23.1. The first-order valence-corrected chi connectivity index (χ1v) is 27.5. The van der Waals surface area contributed by atoms with Crippen LogP contribution < -0.4 is 0 Å². The van der Waals surface area contributed by atoms with E-state index in [0.29, 0.717) is 0 Å². The normalized spacial score (nSPS) is 12.1. The second-order valence-corrected chi connectivity index (χ2v) is 24.7. The van der Waals surface area contributed by atoms with Gasteiger partial charge < -0.3 is 0 Å². The van der Waals surface area contributed by atoms with Crippen molar-refractivity contribution in [1.29, 1.82) is 0 Å². The summed E-state index contributed by atoms with van der Waals surface area (Å²) in [6.45, 7) is 46.2. The fraction of sp³-hybridized carbons (Fsp3) is 0.382. The molecule has 0 N–H and O–H groups in total. The van der Waals surface area contributed by atoms with E-state index >= 15 is 0 Å². The van der Waals surface area contributed by atoms with E-state index in [1.165, 1.54) is 165 Å². The maximum absolute atomic E-state index is 3.92. The van der Waals surface area contributed by atoms with Crippen LogP contribution in [-0.2, 0) is 23.7 Å². The molecule has 0 fully saturated rings. The van der Waals surface area contributed by atoms with Crippen molar-refractivity contribution in [2.24, 2.45) is 0 Å². The van der Waals surface area contributed by atoms with E-state index in [1.807, 2.05) is 0 Å². The standard InChI is InChI=1S/C68H80Br2/c1-21-23-49-29-50(24-22-2)60(52-27-39(5)62(40(6)28-52)54-31-56(35-58(33-54)68(18,19)20)64-43(9)47(13)66(70)48(14)44(64)10)36-59(49)51-25-37(3)61(38(4)26-51)53-30-55(34-57(32-53)67(15,16)17)63-41(7)45(11)65(69)46(12)42(63)8/h25-36H,21-24H2,1-20H3. The third kappa shape index (κ3) is 10.00. The maximum Gasteiger partial charge on any atom is 0.0239 e. The highest BCUT2D eigenvalue weighted by atomic mass is 79.9. The average Bonchev–Trinajstić information content (AvgIpc) is 3.28. The topological polar surface area (TPSA) is 0 Å². The molecule has 0 aliphatic rings. The highest BCUT2D eigenvalue weighted by Gasteiger charge is 2.25. The summed E-state index contributed by atoms with van der Waals surface area (Å²) in [5.41, 5.74) is 37.5. The van der Waals surface area contributed by atoms with Crippen molar-refractivity contribution in [1.82, 2.24) is 0 Å². The van der Waals surface area contributed by atoms with Crippen LogP contribution in [-0.4, -0.2) is 0 Å². The van der Waals surface area contributed by atoms with Crippen LogP contribution >= 0.6 is 31.9 Å². The van der Waals surface area contributed by atoms with Crippen molar-refractivity contribution in [3.05, 3.63) is 171 Å². The first-order valence-electron chi connectivity index (χ1n) is 25.9. The monoisotopic (exact) mass is 1050 g/mol. The van der Waals surface area contributed by atoms with E-state index in [2.05, 4.69) is 243 Å². The largest absolute Gasteiger partial charge is 0.0651 e. The summed E-state index contributed by atoms with van der Waals surface area (Å²) in [6, 6.07) is 29.8. The van der Waals surface area contributed by atoms with Gasteiger partial charge in [0.15, 0.2) is 0 Å². The Balaban J connectivity index is 1.40. The van der Waals surface area contributed by atoms with Gasteiger partial charge in [-0.15, -0.1) is 0 Å². The molecule has 0 aliphatic carbocycles. The van der Waals surface area contributed by atoms with Crippen molar-refractivity contribution < 1.29 is 0 Å². The molecular weight excluding hydrogens is 977 g/mol. The molecule has 0 saturated carbocycles. The Morgan fingerprint density at radius 1 is 0.314 bits per heavy atom. The Morgan fingerprint density at radius 2 is 0.586 bits per heavy atom. The van der Waals surface area contributed by atoms with Gasteiger partial charge in [0.25, 0.3) is 0 Å². The minimum Gasteiger partial charge on any atom is -0.0651 e. The lowest BCUT2D eigenvalue weighted by molar-refractivity contribution is 0.590. The minimum absolute atomic E-state index is 0.00950. The Hall–Kier alpha value is -4.50. The van der Waals surface area contributed by atoms with Gasteiger partial charge in [0, 0.05) is 8.95 Å². The molecule has 0 aromatic heterocycles. The van der Waals surface area contributed by atoms with E-state index in [1.54, 1.807) is 0 Å². The number of aryl methyl sites for hydroxylation is 6. The first kappa shape index (κ1) is 53.3. The molecule has 0 radical (unpaired) electrons. The first-order chi connectivity index (χ1) is 32.7. The summed E-state index contributed by atoms with van der Waals surface area (Å²) in [5.74, 6) is 0. The van der Waals surface area contributed by atoms with Gasteiger partial charge in [-0.3, -0.25) is 0 Å². The zero-order valence-electron chi connectivity index (χ0n) is 46.5. The molecule has 0 atom stereocenters. The predicted octanol–water partition coefficient (Wildman–Crippen LogP) is 21.4. The average molecular weight is 1060 g/mol. The second kappa shape index (κ2) is 20.2. The molecule has 7 aromatic carbocycles. The van der Waals surface area contributed by atoms with Gasteiger partial charge in [0.1, 0.15) is 0 Å². The van der Waals surface area contributed by atoms with Crippen LogP contribution in [0.4, 0.5) is 0 Å². The van der Waals surface area contributed by atoms with Crippen LogP contribution in [0.3, 0.4) is 0 Å². The molecule has 0 unspecified atom stereocenters.